The Morgan fingerprint density at radius 2 is 2.05 bits per heavy atom. The number of aliphatic hydroxyl groups excluding tert-OH is 1. The van der Waals surface area contributed by atoms with Crippen molar-refractivity contribution < 1.29 is 5.11 Å². The summed E-state index contributed by atoms with van der Waals surface area (Å²) in [5.41, 5.74) is 4.31. The SMILES string of the molecule is CCn1nc(C)c(Br)c1CNCc1cccc(CO)c1. The van der Waals surface area contributed by atoms with Crippen molar-refractivity contribution in [3.8, 4) is 0 Å². The number of hydrogen-bond acceptors (Lipinski definition) is 3. The highest BCUT2D eigenvalue weighted by Crippen LogP contribution is 2.20. The third kappa shape index (κ3) is 3.48. The molecule has 0 saturated carbocycles. The zero-order chi connectivity index (χ0) is 14.5. The maximum atomic E-state index is 9.13. The summed E-state index contributed by atoms with van der Waals surface area (Å²) in [5.74, 6) is 0. The van der Waals surface area contributed by atoms with Crippen molar-refractivity contribution in [1.82, 2.24) is 15.1 Å². The van der Waals surface area contributed by atoms with Crippen LogP contribution in [0.5, 0.6) is 0 Å². The fraction of sp³-hybridized carbons (Fsp3) is 0.400. The van der Waals surface area contributed by atoms with Gasteiger partial charge >= 0.3 is 0 Å². The van der Waals surface area contributed by atoms with Crippen molar-refractivity contribution in [1.29, 1.82) is 0 Å². The Morgan fingerprint density at radius 3 is 2.75 bits per heavy atom. The molecule has 0 aliphatic rings. The van der Waals surface area contributed by atoms with Gasteiger partial charge in [-0.2, -0.15) is 5.10 Å². The van der Waals surface area contributed by atoms with Crippen LogP contribution >= 0.6 is 15.9 Å². The van der Waals surface area contributed by atoms with E-state index in [1.54, 1.807) is 0 Å². The Bertz CT molecular complexity index is 580. The second-order valence-corrected chi connectivity index (χ2v) is 5.54. The van der Waals surface area contributed by atoms with E-state index in [0.29, 0.717) is 0 Å². The Kier molecular flexibility index (Phi) is 5.34. The number of aromatic nitrogens is 2. The third-order valence-corrected chi connectivity index (χ3v) is 4.28. The van der Waals surface area contributed by atoms with Crippen LogP contribution in [-0.2, 0) is 26.2 Å². The zero-order valence-corrected chi connectivity index (χ0v) is 13.4. The molecule has 0 amide bonds. The third-order valence-electron chi connectivity index (χ3n) is 3.25. The molecule has 108 valence electrons. The fourth-order valence-corrected chi connectivity index (χ4v) is 2.63. The number of nitrogens with one attached hydrogen (secondary N) is 1. The molecule has 1 heterocycles. The van der Waals surface area contributed by atoms with Gasteiger partial charge in [0.25, 0.3) is 0 Å². The molecule has 2 rings (SSSR count). The highest BCUT2D eigenvalue weighted by Gasteiger charge is 2.11. The molecule has 0 aliphatic heterocycles. The number of benzene rings is 1. The Hall–Kier alpha value is -1.17. The van der Waals surface area contributed by atoms with Gasteiger partial charge in [-0.05, 0) is 40.9 Å². The zero-order valence-electron chi connectivity index (χ0n) is 11.9. The molecule has 0 atom stereocenters. The van der Waals surface area contributed by atoms with E-state index < -0.39 is 0 Å². The molecule has 1 aromatic heterocycles. The van der Waals surface area contributed by atoms with Crippen LogP contribution in [0, 0.1) is 6.92 Å². The second-order valence-electron chi connectivity index (χ2n) is 4.74. The smallest absolute Gasteiger partial charge is 0.0739 e. The van der Waals surface area contributed by atoms with Gasteiger partial charge in [-0.1, -0.05) is 24.3 Å². The van der Waals surface area contributed by atoms with Gasteiger partial charge < -0.3 is 10.4 Å². The maximum absolute atomic E-state index is 9.13. The first kappa shape index (κ1) is 15.2. The van der Waals surface area contributed by atoms with Crippen molar-refractivity contribution in [3.63, 3.8) is 0 Å². The quantitative estimate of drug-likeness (QED) is 0.852. The lowest BCUT2D eigenvalue weighted by molar-refractivity contribution is 0.281. The summed E-state index contributed by atoms with van der Waals surface area (Å²) in [7, 11) is 0. The van der Waals surface area contributed by atoms with Crippen LogP contribution in [0.3, 0.4) is 0 Å². The first-order chi connectivity index (χ1) is 9.65. The van der Waals surface area contributed by atoms with E-state index in [9.17, 15) is 0 Å². The van der Waals surface area contributed by atoms with Crippen molar-refractivity contribution in [3.05, 3.63) is 51.3 Å². The van der Waals surface area contributed by atoms with Gasteiger partial charge in [0.2, 0.25) is 0 Å². The van der Waals surface area contributed by atoms with Gasteiger partial charge in [-0.25, -0.2) is 0 Å². The summed E-state index contributed by atoms with van der Waals surface area (Å²) >= 11 is 3.59. The van der Waals surface area contributed by atoms with E-state index in [-0.39, 0.29) is 6.61 Å². The summed E-state index contributed by atoms with van der Waals surface area (Å²) in [5, 5.41) is 17.0. The van der Waals surface area contributed by atoms with Crippen LogP contribution in [0.4, 0.5) is 0 Å². The number of rotatable bonds is 6. The molecule has 20 heavy (non-hydrogen) atoms. The van der Waals surface area contributed by atoms with E-state index >= 15 is 0 Å². The predicted octanol–water partition coefficient (Wildman–Crippen LogP) is 2.76. The average Bonchev–Trinajstić information content (AvgIpc) is 2.75. The van der Waals surface area contributed by atoms with Gasteiger partial charge in [0, 0.05) is 19.6 Å². The first-order valence-electron chi connectivity index (χ1n) is 6.76. The molecule has 1 aromatic carbocycles. The number of nitrogens with zero attached hydrogens (tertiary/aromatic N) is 2. The summed E-state index contributed by atoms with van der Waals surface area (Å²) < 4.78 is 3.09. The number of hydrogen-bond donors (Lipinski definition) is 2. The molecule has 0 bridgehead atoms. The molecule has 2 N–H and O–H groups in total. The average molecular weight is 338 g/mol. The molecule has 2 aromatic rings. The second kappa shape index (κ2) is 7.02. The summed E-state index contributed by atoms with van der Waals surface area (Å²) in [6.07, 6.45) is 0. The van der Waals surface area contributed by atoms with Gasteiger partial charge in [0.1, 0.15) is 0 Å². The van der Waals surface area contributed by atoms with E-state index in [4.69, 9.17) is 5.11 Å². The van der Waals surface area contributed by atoms with Gasteiger partial charge in [-0.15, -0.1) is 0 Å². The molecule has 0 unspecified atom stereocenters. The van der Waals surface area contributed by atoms with Crippen molar-refractivity contribution in [2.45, 2.75) is 40.1 Å². The van der Waals surface area contributed by atoms with Crippen LogP contribution in [0.25, 0.3) is 0 Å². The fourth-order valence-electron chi connectivity index (χ4n) is 2.20. The standard InChI is InChI=1S/C15H20BrN3O/c1-3-19-14(15(16)11(2)18-19)9-17-8-12-5-4-6-13(7-12)10-20/h4-7,17,20H,3,8-10H2,1-2H3. The highest BCUT2D eigenvalue weighted by atomic mass is 79.9. The summed E-state index contributed by atoms with van der Waals surface area (Å²) in [6.45, 7) is 6.58. The van der Waals surface area contributed by atoms with Crippen LogP contribution in [0.2, 0.25) is 0 Å². The van der Waals surface area contributed by atoms with Crippen LogP contribution in [0.15, 0.2) is 28.7 Å². The number of aliphatic hydroxyl groups is 1. The monoisotopic (exact) mass is 337 g/mol. The molecule has 0 aliphatic carbocycles. The van der Waals surface area contributed by atoms with Crippen LogP contribution < -0.4 is 5.32 Å². The summed E-state index contributed by atoms with van der Waals surface area (Å²) in [4.78, 5) is 0. The Labute approximate surface area is 127 Å². The Balaban J connectivity index is 1.99. The van der Waals surface area contributed by atoms with Gasteiger partial charge in [-0.3, -0.25) is 4.68 Å². The minimum atomic E-state index is 0.0845. The van der Waals surface area contributed by atoms with E-state index in [0.717, 1.165) is 35.4 Å². The highest BCUT2D eigenvalue weighted by molar-refractivity contribution is 9.10. The lowest BCUT2D eigenvalue weighted by Gasteiger charge is -2.08. The predicted molar refractivity (Wildman–Crippen MR) is 83.2 cm³/mol. The van der Waals surface area contributed by atoms with Gasteiger partial charge in [0.05, 0.1) is 22.5 Å². The molecular weight excluding hydrogens is 318 g/mol. The largest absolute Gasteiger partial charge is 0.392 e. The van der Waals surface area contributed by atoms with Crippen molar-refractivity contribution in [2.75, 3.05) is 0 Å². The minimum Gasteiger partial charge on any atom is -0.392 e. The number of halogens is 1. The van der Waals surface area contributed by atoms with Gasteiger partial charge in [0.15, 0.2) is 0 Å². The normalized spacial score (nSPS) is 11.0. The van der Waals surface area contributed by atoms with Crippen LogP contribution in [0.1, 0.15) is 29.4 Å². The molecule has 5 heteroatoms. The van der Waals surface area contributed by atoms with Crippen molar-refractivity contribution in [2.24, 2.45) is 0 Å². The molecular formula is C15H20BrN3O. The lowest BCUT2D eigenvalue weighted by atomic mass is 10.1. The molecule has 0 saturated heterocycles. The van der Waals surface area contributed by atoms with E-state index in [2.05, 4.69) is 39.3 Å². The maximum Gasteiger partial charge on any atom is 0.0739 e. The lowest BCUT2D eigenvalue weighted by Crippen LogP contribution is -2.16. The first-order valence-corrected chi connectivity index (χ1v) is 7.56. The van der Waals surface area contributed by atoms with Crippen molar-refractivity contribution >= 4 is 15.9 Å². The summed E-state index contributed by atoms with van der Waals surface area (Å²) in [6, 6.07) is 7.97. The van der Waals surface area contributed by atoms with Crippen LogP contribution in [-0.4, -0.2) is 14.9 Å². The topological polar surface area (TPSA) is 50.1 Å². The molecule has 0 fully saturated rings. The van der Waals surface area contributed by atoms with E-state index in [1.807, 2.05) is 29.8 Å². The van der Waals surface area contributed by atoms with E-state index in [1.165, 1.54) is 11.3 Å². The molecule has 0 spiro atoms. The molecule has 0 radical (unpaired) electrons. The minimum absolute atomic E-state index is 0.0845. The number of aryl methyl sites for hydroxylation is 2. The molecule has 4 nitrogen and oxygen atoms in total. The Morgan fingerprint density at radius 1 is 1.30 bits per heavy atom.